The molecule has 0 aromatic heterocycles. The highest BCUT2D eigenvalue weighted by atomic mass is 15.1. The summed E-state index contributed by atoms with van der Waals surface area (Å²) < 4.78 is 0. The van der Waals surface area contributed by atoms with Crippen molar-refractivity contribution in [3.8, 4) is 33.4 Å². The molecule has 1 nitrogen and oxygen atoms in total. The average molecular weight is 906 g/mol. The van der Waals surface area contributed by atoms with E-state index in [2.05, 4.69) is 285 Å². The van der Waals surface area contributed by atoms with Crippen molar-refractivity contribution in [3.63, 3.8) is 0 Å². The second kappa shape index (κ2) is 16.0. The predicted molar refractivity (Wildman–Crippen MR) is 294 cm³/mol. The van der Waals surface area contributed by atoms with Crippen LogP contribution in [0.5, 0.6) is 0 Å². The summed E-state index contributed by atoms with van der Waals surface area (Å²) in [5.41, 5.74) is 22.9. The zero-order valence-electron chi connectivity index (χ0n) is 39.7. The van der Waals surface area contributed by atoms with Crippen LogP contribution >= 0.6 is 0 Å². The number of nitrogens with zero attached hydrogens (tertiary/aromatic N) is 1. The van der Waals surface area contributed by atoms with E-state index in [1.54, 1.807) is 0 Å². The highest BCUT2D eigenvalue weighted by Crippen LogP contribution is 2.62. The van der Waals surface area contributed by atoms with Crippen LogP contribution < -0.4 is 4.90 Å². The molecule has 336 valence electrons. The zero-order chi connectivity index (χ0) is 47.2. The number of allylic oxidation sites excluding steroid dienone is 4. The van der Waals surface area contributed by atoms with Gasteiger partial charge in [0.2, 0.25) is 0 Å². The van der Waals surface area contributed by atoms with Crippen molar-refractivity contribution in [3.05, 3.63) is 329 Å². The number of hydrogen-bond acceptors (Lipinski definition) is 1. The SMILES string of the molecule is CC1(C2C=CC=CC2)c2ccccc2-c2ccc(N(c3ccc(C4(c5ccccc5)c5ccccc5-c5ccccc54)cc3)c3cccc4c3-c3ccccc3C4(c3ccccc3)c3ccccc3)cc21. The number of hydrogen-bond donors (Lipinski definition) is 0. The first kappa shape index (κ1) is 41.5. The minimum absolute atomic E-state index is 0.231. The molecule has 0 fully saturated rings. The van der Waals surface area contributed by atoms with Crippen molar-refractivity contribution in [2.24, 2.45) is 5.92 Å². The molecule has 14 rings (SSSR count). The Hall–Kier alpha value is -8.52. The minimum Gasteiger partial charge on any atom is -0.310 e. The van der Waals surface area contributed by atoms with Gasteiger partial charge in [0.15, 0.2) is 0 Å². The van der Waals surface area contributed by atoms with E-state index >= 15 is 0 Å². The van der Waals surface area contributed by atoms with Gasteiger partial charge in [0, 0.05) is 22.4 Å². The van der Waals surface area contributed by atoms with Gasteiger partial charge >= 0.3 is 0 Å². The summed E-state index contributed by atoms with van der Waals surface area (Å²) in [5, 5.41) is 0. The highest BCUT2D eigenvalue weighted by Gasteiger charge is 2.49. The van der Waals surface area contributed by atoms with Crippen molar-refractivity contribution in [2.45, 2.75) is 29.6 Å². The summed E-state index contributed by atoms with van der Waals surface area (Å²) in [6, 6.07) is 93.7. The lowest BCUT2D eigenvalue weighted by Crippen LogP contribution is -2.31. The monoisotopic (exact) mass is 905 g/mol. The molecule has 0 bridgehead atoms. The van der Waals surface area contributed by atoms with E-state index in [4.69, 9.17) is 0 Å². The maximum atomic E-state index is 2.57. The minimum atomic E-state index is -0.537. The lowest BCUT2D eigenvalue weighted by atomic mass is 9.67. The fourth-order valence-electron chi connectivity index (χ4n) is 13.7. The van der Waals surface area contributed by atoms with Crippen LogP contribution in [0.4, 0.5) is 17.1 Å². The summed E-state index contributed by atoms with van der Waals surface area (Å²) in [5.74, 6) is 0.314. The fourth-order valence-corrected chi connectivity index (χ4v) is 13.7. The van der Waals surface area contributed by atoms with E-state index < -0.39 is 10.8 Å². The van der Waals surface area contributed by atoms with Gasteiger partial charge in [-0.1, -0.05) is 250 Å². The Morgan fingerprint density at radius 3 is 1.35 bits per heavy atom. The molecule has 0 saturated heterocycles. The standard InChI is InChI=1S/C70H51N/c1-68(48-23-6-2-7-24-48)60-35-18-14-31-55(60)58-46-45-54(47-65(58)68)71(53-43-41-52(42-44-53)69(49-25-8-3-9-26-49)61-36-19-15-32-56(61)57-33-16-20-37-62(57)69)66-40-22-39-64-67(66)59-34-17-21-38-63(59)70(64,50-27-10-4-11-28-50)51-29-12-5-13-30-51/h2-23,25-48H,24H2,1H3. The highest BCUT2D eigenvalue weighted by molar-refractivity contribution is 5.98. The summed E-state index contributed by atoms with van der Waals surface area (Å²) in [6.07, 6.45) is 10.2. The molecule has 0 N–H and O–H groups in total. The van der Waals surface area contributed by atoms with E-state index in [0.717, 1.165) is 23.5 Å². The van der Waals surface area contributed by atoms with Crippen molar-refractivity contribution in [1.82, 2.24) is 0 Å². The van der Waals surface area contributed by atoms with Crippen LogP contribution in [-0.4, -0.2) is 0 Å². The fraction of sp³-hybridized carbons (Fsp3) is 0.0857. The molecule has 71 heavy (non-hydrogen) atoms. The van der Waals surface area contributed by atoms with Gasteiger partial charge < -0.3 is 4.90 Å². The first-order chi connectivity index (χ1) is 35.1. The quantitative estimate of drug-likeness (QED) is 0.147. The molecule has 0 spiro atoms. The molecule has 0 saturated carbocycles. The third kappa shape index (κ3) is 5.75. The lowest BCUT2D eigenvalue weighted by molar-refractivity contribution is 0.425. The topological polar surface area (TPSA) is 3.24 Å². The molecule has 0 amide bonds. The van der Waals surface area contributed by atoms with Gasteiger partial charge in [-0.25, -0.2) is 0 Å². The molecule has 4 aliphatic carbocycles. The summed E-state index contributed by atoms with van der Waals surface area (Å²) in [6.45, 7) is 2.49. The van der Waals surface area contributed by atoms with Crippen LogP contribution in [0.15, 0.2) is 273 Å². The van der Waals surface area contributed by atoms with Crippen LogP contribution in [0.1, 0.15) is 69.0 Å². The Morgan fingerprint density at radius 2 is 0.789 bits per heavy atom. The Kier molecular flexibility index (Phi) is 9.35. The van der Waals surface area contributed by atoms with E-state index in [-0.39, 0.29) is 5.41 Å². The molecule has 2 unspecified atom stereocenters. The Labute approximate surface area is 417 Å². The molecule has 10 aromatic carbocycles. The molecule has 0 heterocycles. The van der Waals surface area contributed by atoms with Gasteiger partial charge in [0.25, 0.3) is 0 Å². The molecule has 0 radical (unpaired) electrons. The molecular weight excluding hydrogens is 855 g/mol. The molecule has 1 heteroatoms. The van der Waals surface area contributed by atoms with Gasteiger partial charge in [-0.3, -0.25) is 0 Å². The second-order valence-electron chi connectivity index (χ2n) is 19.9. The summed E-state index contributed by atoms with van der Waals surface area (Å²) in [7, 11) is 0. The van der Waals surface area contributed by atoms with Crippen LogP contribution in [0.3, 0.4) is 0 Å². The van der Waals surface area contributed by atoms with Crippen LogP contribution in [0.2, 0.25) is 0 Å². The largest absolute Gasteiger partial charge is 0.310 e. The third-order valence-corrected chi connectivity index (χ3v) is 16.7. The van der Waals surface area contributed by atoms with Gasteiger partial charge in [0.1, 0.15) is 0 Å². The number of anilines is 3. The predicted octanol–water partition coefficient (Wildman–Crippen LogP) is 17.3. The molecule has 4 aliphatic rings. The average Bonchev–Trinajstić information content (AvgIpc) is 4.03. The van der Waals surface area contributed by atoms with E-state index in [1.807, 2.05) is 0 Å². The van der Waals surface area contributed by atoms with Crippen molar-refractivity contribution < 1.29 is 0 Å². The van der Waals surface area contributed by atoms with E-state index in [9.17, 15) is 0 Å². The van der Waals surface area contributed by atoms with Crippen molar-refractivity contribution in [2.75, 3.05) is 4.90 Å². The first-order valence-corrected chi connectivity index (χ1v) is 25.2. The Bertz CT molecular complexity index is 3660. The number of rotatable bonds is 8. The van der Waals surface area contributed by atoms with E-state index in [0.29, 0.717) is 5.92 Å². The lowest BCUT2D eigenvalue weighted by Gasteiger charge is -2.37. The van der Waals surface area contributed by atoms with Gasteiger partial charge in [-0.15, -0.1) is 0 Å². The van der Waals surface area contributed by atoms with Crippen molar-refractivity contribution in [1.29, 1.82) is 0 Å². The maximum Gasteiger partial charge on any atom is 0.0714 e. The molecule has 2 atom stereocenters. The normalized spacial score (nSPS) is 17.9. The van der Waals surface area contributed by atoms with Crippen LogP contribution in [-0.2, 0) is 16.2 Å². The number of benzene rings is 10. The van der Waals surface area contributed by atoms with Gasteiger partial charge in [0.05, 0.1) is 16.5 Å². The first-order valence-electron chi connectivity index (χ1n) is 25.2. The number of fused-ring (bicyclic) bond motifs is 9. The second-order valence-corrected chi connectivity index (χ2v) is 19.9. The van der Waals surface area contributed by atoms with E-state index in [1.165, 1.54) is 89.0 Å². The van der Waals surface area contributed by atoms with Gasteiger partial charge in [-0.05, 0) is 126 Å². The van der Waals surface area contributed by atoms with Crippen molar-refractivity contribution >= 4 is 17.1 Å². The van der Waals surface area contributed by atoms with Crippen LogP contribution in [0.25, 0.3) is 33.4 Å². The zero-order valence-corrected chi connectivity index (χ0v) is 39.7. The summed E-state index contributed by atoms with van der Waals surface area (Å²) >= 11 is 0. The molecule has 10 aromatic rings. The van der Waals surface area contributed by atoms with Crippen LogP contribution in [0, 0.1) is 5.92 Å². The smallest absolute Gasteiger partial charge is 0.0714 e. The third-order valence-electron chi connectivity index (χ3n) is 16.7. The molecular formula is C70H51N. The van der Waals surface area contributed by atoms with Gasteiger partial charge in [-0.2, -0.15) is 0 Å². The maximum absolute atomic E-state index is 2.57. The Balaban J connectivity index is 1.03. The summed E-state index contributed by atoms with van der Waals surface area (Å²) in [4.78, 5) is 2.57. The molecule has 0 aliphatic heterocycles. The Morgan fingerprint density at radius 1 is 0.352 bits per heavy atom.